The van der Waals surface area contributed by atoms with Gasteiger partial charge < -0.3 is 10.2 Å². The summed E-state index contributed by atoms with van der Waals surface area (Å²) in [7, 11) is 0. The minimum Gasteiger partial charge on any atom is -0.369 e. The molecule has 136 valence electrons. The first-order valence-corrected chi connectivity index (χ1v) is 9.31. The predicted molar refractivity (Wildman–Crippen MR) is 106 cm³/mol. The molecule has 5 nitrogen and oxygen atoms in total. The largest absolute Gasteiger partial charge is 0.369 e. The summed E-state index contributed by atoms with van der Waals surface area (Å²) in [4.78, 5) is 9.30. The fraction of sp³-hybridized carbons (Fsp3) is 0.429. The summed E-state index contributed by atoms with van der Waals surface area (Å²) in [6.07, 6.45) is 2.69. The molecule has 1 aromatic heterocycles. The third-order valence-electron chi connectivity index (χ3n) is 4.90. The second-order valence-corrected chi connectivity index (χ2v) is 7.05. The van der Waals surface area contributed by atoms with E-state index in [4.69, 9.17) is 5.26 Å². The van der Waals surface area contributed by atoms with Gasteiger partial charge in [0, 0.05) is 50.6 Å². The van der Waals surface area contributed by atoms with Crippen LogP contribution in [0.2, 0.25) is 0 Å². The lowest BCUT2D eigenvalue weighted by molar-refractivity contribution is 0.251. The Morgan fingerprint density at radius 2 is 2.00 bits per heavy atom. The van der Waals surface area contributed by atoms with Crippen molar-refractivity contribution >= 4 is 11.5 Å². The lowest BCUT2D eigenvalue weighted by Crippen LogP contribution is -2.47. The molecule has 0 saturated carbocycles. The van der Waals surface area contributed by atoms with Crippen LogP contribution in [0.3, 0.4) is 0 Å². The number of rotatable bonds is 6. The number of hydrogen-bond donors (Lipinski definition) is 1. The number of nitriles is 1. The average Bonchev–Trinajstić information content (AvgIpc) is 2.67. The Labute approximate surface area is 156 Å². The first-order valence-electron chi connectivity index (χ1n) is 9.31. The van der Waals surface area contributed by atoms with Crippen LogP contribution in [0.4, 0.5) is 11.5 Å². The molecule has 1 N–H and O–H groups in total. The molecule has 0 spiro atoms. The van der Waals surface area contributed by atoms with E-state index < -0.39 is 0 Å². The number of nitrogens with one attached hydrogen (secondary N) is 1. The lowest BCUT2D eigenvalue weighted by atomic mass is 10.1. The molecule has 1 aliphatic rings. The average molecular weight is 349 g/mol. The molecule has 1 fully saturated rings. The van der Waals surface area contributed by atoms with Gasteiger partial charge in [0.05, 0.1) is 5.56 Å². The molecule has 1 atom stereocenters. The smallest absolute Gasteiger partial charge is 0.126 e. The van der Waals surface area contributed by atoms with E-state index in [0.29, 0.717) is 11.6 Å². The van der Waals surface area contributed by atoms with Crippen LogP contribution in [0.25, 0.3) is 0 Å². The highest BCUT2D eigenvalue weighted by Crippen LogP contribution is 2.18. The van der Waals surface area contributed by atoms with Gasteiger partial charge in [-0.2, -0.15) is 5.26 Å². The summed E-state index contributed by atoms with van der Waals surface area (Å²) in [5.41, 5.74) is 3.25. The van der Waals surface area contributed by atoms with Crippen molar-refractivity contribution in [3.05, 3.63) is 53.7 Å². The summed E-state index contributed by atoms with van der Waals surface area (Å²) in [5.74, 6) is 0.834. The van der Waals surface area contributed by atoms with Crippen molar-refractivity contribution in [1.82, 2.24) is 9.88 Å². The summed E-state index contributed by atoms with van der Waals surface area (Å²) in [5, 5.41) is 12.2. The molecule has 1 saturated heterocycles. The Morgan fingerprint density at radius 3 is 2.65 bits per heavy atom. The van der Waals surface area contributed by atoms with Gasteiger partial charge in [-0.3, -0.25) is 4.90 Å². The highest BCUT2D eigenvalue weighted by atomic mass is 15.3. The van der Waals surface area contributed by atoms with Gasteiger partial charge in [0.1, 0.15) is 11.9 Å². The maximum Gasteiger partial charge on any atom is 0.126 e. The highest BCUT2D eigenvalue weighted by molar-refractivity contribution is 5.48. The molecule has 0 unspecified atom stereocenters. The van der Waals surface area contributed by atoms with E-state index in [1.807, 2.05) is 6.07 Å². The third-order valence-corrected chi connectivity index (χ3v) is 4.90. The van der Waals surface area contributed by atoms with Crippen molar-refractivity contribution in [2.45, 2.75) is 26.3 Å². The fourth-order valence-corrected chi connectivity index (χ4v) is 3.30. The summed E-state index contributed by atoms with van der Waals surface area (Å²) in [6.45, 7) is 9.81. The van der Waals surface area contributed by atoms with E-state index in [9.17, 15) is 0 Å². The highest BCUT2D eigenvalue weighted by Gasteiger charge is 2.17. The topological polar surface area (TPSA) is 55.2 Å². The maximum atomic E-state index is 8.82. The van der Waals surface area contributed by atoms with Crippen molar-refractivity contribution in [2.75, 3.05) is 42.9 Å². The number of aryl methyl sites for hydroxylation is 1. The minimum atomic E-state index is 0.352. The predicted octanol–water partition coefficient (Wildman–Crippen LogP) is 3.27. The SMILES string of the molecule is Cc1cccc(N2CCN(CC[C@H](C)Nc3ccc(C#N)cn3)CC2)c1. The first kappa shape index (κ1) is 18.2. The molecule has 0 amide bonds. The molecule has 2 heterocycles. The van der Waals surface area contributed by atoms with Crippen molar-refractivity contribution in [2.24, 2.45) is 0 Å². The summed E-state index contributed by atoms with van der Waals surface area (Å²) in [6, 6.07) is 14.9. The van der Waals surface area contributed by atoms with Gasteiger partial charge in [0.25, 0.3) is 0 Å². The van der Waals surface area contributed by atoms with E-state index in [2.05, 4.69) is 64.3 Å². The molecular formula is C21H27N5. The molecule has 1 aromatic carbocycles. The van der Waals surface area contributed by atoms with E-state index in [1.165, 1.54) is 11.3 Å². The second-order valence-electron chi connectivity index (χ2n) is 7.05. The van der Waals surface area contributed by atoms with Crippen LogP contribution in [0.1, 0.15) is 24.5 Å². The zero-order chi connectivity index (χ0) is 18.4. The molecule has 3 rings (SSSR count). The van der Waals surface area contributed by atoms with Crippen LogP contribution < -0.4 is 10.2 Å². The van der Waals surface area contributed by atoms with Gasteiger partial charge in [0.15, 0.2) is 0 Å². The Balaban J connectivity index is 1.41. The number of nitrogens with zero attached hydrogens (tertiary/aromatic N) is 4. The number of hydrogen-bond acceptors (Lipinski definition) is 5. The molecule has 0 bridgehead atoms. The van der Waals surface area contributed by atoms with E-state index in [-0.39, 0.29) is 0 Å². The zero-order valence-corrected chi connectivity index (χ0v) is 15.7. The van der Waals surface area contributed by atoms with Gasteiger partial charge in [-0.25, -0.2) is 4.98 Å². The van der Waals surface area contributed by atoms with Crippen molar-refractivity contribution in [3.8, 4) is 6.07 Å². The van der Waals surface area contributed by atoms with Gasteiger partial charge >= 0.3 is 0 Å². The molecular weight excluding hydrogens is 322 g/mol. The first-order chi connectivity index (χ1) is 12.6. The van der Waals surface area contributed by atoms with Gasteiger partial charge in [-0.15, -0.1) is 0 Å². The summed E-state index contributed by atoms with van der Waals surface area (Å²) < 4.78 is 0. The molecule has 0 aliphatic carbocycles. The Bertz CT molecular complexity index is 742. The van der Waals surface area contributed by atoms with Gasteiger partial charge in [-0.1, -0.05) is 12.1 Å². The Kier molecular flexibility index (Phi) is 6.08. The number of aromatic nitrogens is 1. The standard InChI is InChI=1S/C21H27N5/c1-17-4-3-5-20(14-17)26-12-10-25(11-13-26)9-8-18(2)24-21-7-6-19(15-22)16-23-21/h3-7,14,16,18H,8-13H2,1-2H3,(H,23,24)/t18-/m0/s1. The molecule has 26 heavy (non-hydrogen) atoms. The van der Waals surface area contributed by atoms with E-state index in [1.54, 1.807) is 12.3 Å². The maximum absolute atomic E-state index is 8.82. The number of anilines is 2. The fourth-order valence-electron chi connectivity index (χ4n) is 3.30. The molecule has 0 radical (unpaired) electrons. The Morgan fingerprint density at radius 1 is 1.19 bits per heavy atom. The van der Waals surface area contributed by atoms with Crippen LogP contribution in [0.15, 0.2) is 42.6 Å². The number of benzene rings is 1. The van der Waals surface area contributed by atoms with Crippen LogP contribution in [-0.4, -0.2) is 48.6 Å². The quantitative estimate of drug-likeness (QED) is 0.867. The van der Waals surface area contributed by atoms with Crippen molar-refractivity contribution in [3.63, 3.8) is 0 Å². The van der Waals surface area contributed by atoms with E-state index >= 15 is 0 Å². The van der Waals surface area contributed by atoms with Crippen molar-refractivity contribution in [1.29, 1.82) is 5.26 Å². The van der Waals surface area contributed by atoms with Crippen LogP contribution in [0.5, 0.6) is 0 Å². The van der Waals surface area contributed by atoms with Gasteiger partial charge in [0.2, 0.25) is 0 Å². The number of pyridine rings is 1. The minimum absolute atomic E-state index is 0.352. The van der Waals surface area contributed by atoms with Crippen LogP contribution in [-0.2, 0) is 0 Å². The third kappa shape index (κ3) is 4.96. The second kappa shape index (κ2) is 8.68. The van der Waals surface area contributed by atoms with Crippen LogP contribution in [0, 0.1) is 18.3 Å². The monoisotopic (exact) mass is 349 g/mol. The van der Waals surface area contributed by atoms with E-state index in [0.717, 1.165) is 45.0 Å². The van der Waals surface area contributed by atoms with Crippen LogP contribution >= 0.6 is 0 Å². The lowest BCUT2D eigenvalue weighted by Gasteiger charge is -2.36. The van der Waals surface area contributed by atoms with Gasteiger partial charge in [-0.05, 0) is 50.1 Å². The van der Waals surface area contributed by atoms with Crippen molar-refractivity contribution < 1.29 is 0 Å². The zero-order valence-electron chi connectivity index (χ0n) is 15.7. The molecule has 1 aliphatic heterocycles. The molecule has 5 heteroatoms. The normalized spacial score (nSPS) is 16.1. The Hall–Kier alpha value is -2.58. The molecule has 2 aromatic rings. The number of piperazine rings is 1. The summed E-state index contributed by atoms with van der Waals surface area (Å²) >= 11 is 0.